The second-order valence-electron chi connectivity index (χ2n) is 8.40. The van der Waals surface area contributed by atoms with Crippen molar-refractivity contribution in [3.8, 4) is 11.1 Å². The molecule has 0 fully saturated rings. The van der Waals surface area contributed by atoms with Crippen LogP contribution in [0.15, 0.2) is 60.7 Å². The number of carbonyl (C=O) groups is 1. The summed E-state index contributed by atoms with van der Waals surface area (Å²) in [5.41, 5.74) is 0.197. The standard InChI is InChI=1S/C27H25F4NO3/c1-17-19(6-5-8-21(17)22-7-3-4-9-24(22)28)11-12-20-14-18(10-13-23(20)27(29,30)31)15-32-26(2,16-33)25(34)35/h3-14,32-33H,15-16H2,1-2H3,(H,34,35)/b12-11+. The number of alkyl halides is 3. The Bertz CT molecular complexity index is 1250. The summed E-state index contributed by atoms with van der Waals surface area (Å²) in [5.74, 6) is -1.68. The number of aliphatic carboxylic acids is 1. The average molecular weight is 487 g/mol. The Morgan fingerprint density at radius 3 is 2.26 bits per heavy atom. The van der Waals surface area contributed by atoms with Crippen LogP contribution < -0.4 is 5.32 Å². The molecule has 4 nitrogen and oxygen atoms in total. The van der Waals surface area contributed by atoms with Gasteiger partial charge in [-0.3, -0.25) is 10.1 Å². The highest BCUT2D eigenvalue weighted by molar-refractivity contribution is 5.79. The fraction of sp³-hybridized carbons (Fsp3) is 0.222. The van der Waals surface area contributed by atoms with Crippen LogP contribution in [0.5, 0.6) is 0 Å². The van der Waals surface area contributed by atoms with Crippen LogP contribution in [0.4, 0.5) is 17.6 Å². The minimum Gasteiger partial charge on any atom is -0.480 e. The monoisotopic (exact) mass is 487 g/mol. The molecule has 3 aromatic carbocycles. The predicted molar refractivity (Wildman–Crippen MR) is 127 cm³/mol. The van der Waals surface area contributed by atoms with E-state index in [1.807, 2.05) is 0 Å². The maximum atomic E-state index is 14.3. The van der Waals surface area contributed by atoms with Gasteiger partial charge in [-0.25, -0.2) is 4.39 Å². The maximum Gasteiger partial charge on any atom is 0.416 e. The molecule has 0 aliphatic rings. The molecule has 0 spiro atoms. The number of aliphatic hydroxyl groups is 1. The molecule has 0 aliphatic heterocycles. The fourth-order valence-corrected chi connectivity index (χ4v) is 3.60. The lowest BCUT2D eigenvalue weighted by molar-refractivity contribution is -0.146. The molecule has 0 aromatic heterocycles. The summed E-state index contributed by atoms with van der Waals surface area (Å²) in [6, 6.07) is 15.0. The summed E-state index contributed by atoms with van der Waals surface area (Å²) in [5, 5.41) is 21.3. The van der Waals surface area contributed by atoms with Crippen LogP contribution in [0.1, 0.15) is 34.7 Å². The predicted octanol–water partition coefficient (Wildman–Crippen LogP) is 5.92. The number of rotatable bonds is 8. The summed E-state index contributed by atoms with van der Waals surface area (Å²) >= 11 is 0. The number of nitrogens with one attached hydrogen (secondary N) is 1. The van der Waals surface area contributed by atoms with Gasteiger partial charge in [0.05, 0.1) is 12.2 Å². The summed E-state index contributed by atoms with van der Waals surface area (Å²) in [7, 11) is 0. The van der Waals surface area contributed by atoms with Crippen molar-refractivity contribution in [3.05, 3.63) is 94.3 Å². The largest absolute Gasteiger partial charge is 0.480 e. The third-order valence-corrected chi connectivity index (χ3v) is 5.87. The van der Waals surface area contributed by atoms with Crippen molar-refractivity contribution in [1.82, 2.24) is 5.32 Å². The molecule has 1 atom stereocenters. The van der Waals surface area contributed by atoms with Crippen molar-refractivity contribution in [2.45, 2.75) is 32.1 Å². The molecule has 1 unspecified atom stereocenters. The number of hydrogen-bond acceptors (Lipinski definition) is 3. The molecule has 3 aromatic rings. The van der Waals surface area contributed by atoms with Gasteiger partial charge >= 0.3 is 12.1 Å². The lowest BCUT2D eigenvalue weighted by Gasteiger charge is -2.24. The first kappa shape index (κ1) is 26.1. The number of carboxylic acids is 1. The van der Waals surface area contributed by atoms with Gasteiger partial charge in [-0.05, 0) is 59.9 Å². The van der Waals surface area contributed by atoms with Gasteiger partial charge in [0.25, 0.3) is 0 Å². The molecule has 3 N–H and O–H groups in total. The molecule has 0 amide bonds. The topological polar surface area (TPSA) is 69.6 Å². The Hall–Kier alpha value is -3.49. The number of aliphatic hydroxyl groups excluding tert-OH is 1. The molecule has 0 saturated heterocycles. The van der Waals surface area contributed by atoms with Gasteiger partial charge in [-0.1, -0.05) is 54.6 Å². The molecule has 0 radical (unpaired) electrons. The molecule has 0 heterocycles. The quantitative estimate of drug-likeness (QED) is 0.273. The minimum absolute atomic E-state index is 0.0653. The van der Waals surface area contributed by atoms with E-state index in [4.69, 9.17) is 0 Å². The second kappa shape index (κ2) is 10.4. The smallest absolute Gasteiger partial charge is 0.416 e. The summed E-state index contributed by atoms with van der Waals surface area (Å²) in [6.45, 7) is 2.30. The first-order valence-corrected chi connectivity index (χ1v) is 10.8. The number of benzene rings is 3. The fourth-order valence-electron chi connectivity index (χ4n) is 3.60. The summed E-state index contributed by atoms with van der Waals surface area (Å²) in [4.78, 5) is 11.4. The summed E-state index contributed by atoms with van der Waals surface area (Å²) < 4.78 is 55.2. The number of carboxylic acid groups (broad SMARTS) is 1. The first-order chi connectivity index (χ1) is 16.5. The van der Waals surface area contributed by atoms with E-state index >= 15 is 0 Å². The van der Waals surface area contributed by atoms with Crippen LogP contribution in [-0.2, 0) is 17.5 Å². The summed E-state index contributed by atoms with van der Waals surface area (Å²) in [6.07, 6.45) is -1.73. The number of halogens is 4. The van der Waals surface area contributed by atoms with E-state index in [1.165, 1.54) is 37.3 Å². The van der Waals surface area contributed by atoms with Gasteiger partial charge < -0.3 is 10.2 Å². The van der Waals surface area contributed by atoms with Crippen molar-refractivity contribution >= 4 is 18.1 Å². The third kappa shape index (κ3) is 5.96. The van der Waals surface area contributed by atoms with Crippen LogP contribution in [0.3, 0.4) is 0 Å². The molecule has 0 saturated carbocycles. The third-order valence-electron chi connectivity index (χ3n) is 5.87. The maximum absolute atomic E-state index is 14.3. The normalized spacial score (nSPS) is 13.7. The highest BCUT2D eigenvalue weighted by atomic mass is 19.4. The van der Waals surface area contributed by atoms with E-state index in [0.29, 0.717) is 27.8 Å². The lowest BCUT2D eigenvalue weighted by atomic mass is 9.95. The van der Waals surface area contributed by atoms with Gasteiger partial charge in [0.1, 0.15) is 11.4 Å². The van der Waals surface area contributed by atoms with E-state index in [2.05, 4.69) is 5.32 Å². The van der Waals surface area contributed by atoms with Gasteiger partial charge in [0, 0.05) is 12.1 Å². The second-order valence-corrected chi connectivity index (χ2v) is 8.40. The first-order valence-electron chi connectivity index (χ1n) is 10.8. The minimum atomic E-state index is -4.60. The van der Waals surface area contributed by atoms with Crippen molar-refractivity contribution in [2.24, 2.45) is 0 Å². The van der Waals surface area contributed by atoms with Gasteiger partial charge in [0.15, 0.2) is 0 Å². The van der Waals surface area contributed by atoms with E-state index in [-0.39, 0.29) is 12.1 Å². The lowest BCUT2D eigenvalue weighted by Crippen LogP contribution is -2.52. The Labute approximate surface area is 200 Å². The molecule has 0 bridgehead atoms. The van der Waals surface area contributed by atoms with Crippen LogP contribution in [-0.4, -0.2) is 28.3 Å². The van der Waals surface area contributed by atoms with Crippen molar-refractivity contribution in [1.29, 1.82) is 0 Å². The SMILES string of the molecule is Cc1c(/C=C/c2cc(CNC(C)(CO)C(=O)O)ccc2C(F)(F)F)cccc1-c1ccccc1F. The zero-order chi connectivity index (χ0) is 25.8. The molecule has 35 heavy (non-hydrogen) atoms. The molecular formula is C27H25F4NO3. The Balaban J connectivity index is 1.97. The van der Waals surface area contributed by atoms with Gasteiger partial charge in [0.2, 0.25) is 0 Å². The highest BCUT2D eigenvalue weighted by Gasteiger charge is 2.34. The molecule has 8 heteroatoms. The Kier molecular flexibility index (Phi) is 7.77. The molecular weight excluding hydrogens is 462 g/mol. The highest BCUT2D eigenvalue weighted by Crippen LogP contribution is 2.34. The Morgan fingerprint density at radius 1 is 0.971 bits per heavy atom. The van der Waals surface area contributed by atoms with Crippen molar-refractivity contribution in [3.63, 3.8) is 0 Å². The van der Waals surface area contributed by atoms with Crippen LogP contribution >= 0.6 is 0 Å². The zero-order valence-electron chi connectivity index (χ0n) is 19.2. The average Bonchev–Trinajstić information content (AvgIpc) is 2.81. The number of hydrogen-bond donors (Lipinski definition) is 3. The van der Waals surface area contributed by atoms with Crippen LogP contribution in [0.2, 0.25) is 0 Å². The molecule has 3 rings (SSSR count). The van der Waals surface area contributed by atoms with Gasteiger partial charge in [-0.2, -0.15) is 13.2 Å². The molecule has 0 aliphatic carbocycles. The van der Waals surface area contributed by atoms with Crippen molar-refractivity contribution < 1.29 is 32.6 Å². The van der Waals surface area contributed by atoms with Gasteiger partial charge in [-0.15, -0.1) is 0 Å². The Morgan fingerprint density at radius 2 is 1.63 bits per heavy atom. The van der Waals surface area contributed by atoms with E-state index in [0.717, 1.165) is 6.07 Å². The van der Waals surface area contributed by atoms with Crippen molar-refractivity contribution in [2.75, 3.05) is 6.61 Å². The molecule has 184 valence electrons. The zero-order valence-corrected chi connectivity index (χ0v) is 19.2. The van der Waals surface area contributed by atoms with E-state index in [9.17, 15) is 32.6 Å². The van der Waals surface area contributed by atoms with E-state index < -0.39 is 35.7 Å². The van der Waals surface area contributed by atoms with Crippen LogP contribution in [0, 0.1) is 12.7 Å². The van der Waals surface area contributed by atoms with Crippen LogP contribution in [0.25, 0.3) is 23.3 Å². The van der Waals surface area contributed by atoms with E-state index in [1.54, 1.807) is 43.3 Å².